The maximum Gasteiger partial charge on any atom is 0.272 e. The van der Waals surface area contributed by atoms with Crippen LogP contribution in [0.2, 0.25) is 5.02 Å². The lowest BCUT2D eigenvalue weighted by atomic mass is 10.3. The Morgan fingerprint density at radius 2 is 2.00 bits per heavy atom. The van der Waals surface area contributed by atoms with E-state index in [-0.39, 0.29) is 10.6 Å². The van der Waals surface area contributed by atoms with Crippen LogP contribution in [0.4, 0.5) is 5.69 Å². The Morgan fingerprint density at radius 1 is 1.25 bits per heavy atom. The van der Waals surface area contributed by atoms with Gasteiger partial charge in [-0.2, -0.15) is 16.1 Å². The smallest absolute Gasteiger partial charge is 0.272 e. The van der Waals surface area contributed by atoms with Gasteiger partial charge in [0.1, 0.15) is 10.6 Å². The number of sulfonamides is 1. The van der Waals surface area contributed by atoms with E-state index in [0.717, 1.165) is 11.5 Å². The summed E-state index contributed by atoms with van der Waals surface area (Å²) in [6.45, 7) is 0.977. The van der Waals surface area contributed by atoms with E-state index in [9.17, 15) is 13.2 Å². The largest absolute Gasteiger partial charge is 0.356 e. The molecule has 1 aromatic carbocycles. The first-order chi connectivity index (χ1) is 11.5. The molecule has 1 fully saturated rings. The van der Waals surface area contributed by atoms with E-state index >= 15 is 0 Å². The number of H-pyrrole nitrogens is 1. The quantitative estimate of drug-likeness (QED) is 0.847. The summed E-state index contributed by atoms with van der Waals surface area (Å²) in [6.07, 6.45) is 1.35. The highest BCUT2D eigenvalue weighted by Crippen LogP contribution is 2.21. The lowest BCUT2D eigenvalue weighted by molar-refractivity contribution is 0.102. The fourth-order valence-electron chi connectivity index (χ4n) is 2.36. The van der Waals surface area contributed by atoms with Gasteiger partial charge in [0.25, 0.3) is 5.91 Å². The topological polar surface area (TPSA) is 82.3 Å². The second-order valence-corrected chi connectivity index (χ2v) is 8.83. The van der Waals surface area contributed by atoms with E-state index in [0.29, 0.717) is 23.8 Å². The summed E-state index contributed by atoms with van der Waals surface area (Å²) in [4.78, 5) is 15.1. The number of nitrogens with zero attached hydrogens (tertiary/aromatic N) is 1. The molecule has 24 heavy (non-hydrogen) atoms. The Bertz CT molecular complexity index is 845. The highest BCUT2D eigenvalue weighted by molar-refractivity contribution is 7.99. The van der Waals surface area contributed by atoms with E-state index in [1.165, 1.54) is 16.6 Å². The van der Waals surface area contributed by atoms with E-state index in [1.807, 2.05) is 0 Å². The van der Waals surface area contributed by atoms with Gasteiger partial charge in [-0.05, 0) is 24.3 Å². The van der Waals surface area contributed by atoms with Crippen LogP contribution in [0, 0.1) is 0 Å². The minimum atomic E-state index is -3.57. The Kier molecular flexibility index (Phi) is 5.19. The normalized spacial score (nSPS) is 16.0. The second kappa shape index (κ2) is 7.18. The van der Waals surface area contributed by atoms with E-state index in [4.69, 9.17) is 11.6 Å². The third-order valence-corrected chi connectivity index (χ3v) is 6.65. The number of amides is 1. The van der Waals surface area contributed by atoms with Crippen LogP contribution in [0.1, 0.15) is 10.5 Å². The van der Waals surface area contributed by atoms with Gasteiger partial charge >= 0.3 is 0 Å². The lowest BCUT2D eigenvalue weighted by Gasteiger charge is -2.24. The van der Waals surface area contributed by atoms with Gasteiger partial charge in [0, 0.05) is 41.5 Å². The Hall–Kier alpha value is -1.48. The molecule has 128 valence electrons. The first kappa shape index (κ1) is 17.3. The first-order valence-electron chi connectivity index (χ1n) is 7.30. The van der Waals surface area contributed by atoms with Crippen molar-refractivity contribution >= 4 is 45.0 Å². The SMILES string of the molecule is O=C(Nc1cccc(Cl)c1)c1cc(S(=O)(=O)N2CCSCC2)c[nH]1. The molecular formula is C15H16ClN3O3S2. The van der Waals surface area contributed by atoms with Crippen molar-refractivity contribution in [2.45, 2.75) is 4.90 Å². The molecule has 6 nitrogen and oxygen atoms in total. The summed E-state index contributed by atoms with van der Waals surface area (Å²) < 4.78 is 26.6. The highest BCUT2D eigenvalue weighted by Gasteiger charge is 2.27. The monoisotopic (exact) mass is 385 g/mol. The molecule has 1 amide bonds. The van der Waals surface area contributed by atoms with Crippen molar-refractivity contribution in [3.8, 4) is 0 Å². The van der Waals surface area contributed by atoms with Crippen LogP contribution in [0.5, 0.6) is 0 Å². The summed E-state index contributed by atoms with van der Waals surface area (Å²) in [6, 6.07) is 8.10. The maximum absolute atomic E-state index is 12.6. The number of halogens is 1. The molecule has 1 saturated heterocycles. The summed E-state index contributed by atoms with van der Waals surface area (Å²) in [7, 11) is -3.57. The van der Waals surface area contributed by atoms with Gasteiger partial charge in [-0.25, -0.2) is 8.42 Å². The summed E-state index contributed by atoms with van der Waals surface area (Å²) in [5.41, 5.74) is 0.722. The summed E-state index contributed by atoms with van der Waals surface area (Å²) in [5, 5.41) is 3.18. The molecule has 9 heteroatoms. The zero-order valence-corrected chi connectivity index (χ0v) is 15.0. The maximum atomic E-state index is 12.6. The van der Waals surface area contributed by atoms with Crippen molar-refractivity contribution in [1.82, 2.24) is 9.29 Å². The fourth-order valence-corrected chi connectivity index (χ4v) is 5.12. The predicted octanol–water partition coefficient (Wildman–Crippen LogP) is 2.66. The van der Waals surface area contributed by atoms with E-state index < -0.39 is 15.9 Å². The predicted molar refractivity (Wildman–Crippen MR) is 96.3 cm³/mol. The number of carbonyl (C=O) groups excluding carboxylic acids is 1. The fraction of sp³-hybridized carbons (Fsp3) is 0.267. The zero-order chi connectivity index (χ0) is 17.2. The van der Waals surface area contributed by atoms with Crippen molar-refractivity contribution in [2.75, 3.05) is 29.9 Å². The number of nitrogens with one attached hydrogen (secondary N) is 2. The van der Waals surface area contributed by atoms with Crippen molar-refractivity contribution in [3.05, 3.63) is 47.2 Å². The molecule has 0 aliphatic carbocycles. The molecule has 2 aromatic rings. The number of aromatic nitrogens is 1. The van der Waals surface area contributed by atoms with Gasteiger partial charge in [0.15, 0.2) is 0 Å². The Labute approximate surface area is 149 Å². The number of hydrogen-bond donors (Lipinski definition) is 2. The van der Waals surface area contributed by atoms with Crippen LogP contribution < -0.4 is 5.32 Å². The number of aromatic amines is 1. The molecule has 2 heterocycles. The molecule has 0 radical (unpaired) electrons. The lowest BCUT2D eigenvalue weighted by Crippen LogP contribution is -2.37. The average Bonchev–Trinajstić information content (AvgIpc) is 3.07. The molecule has 1 aliphatic heterocycles. The molecule has 3 rings (SSSR count). The van der Waals surface area contributed by atoms with Crippen LogP contribution in [0.25, 0.3) is 0 Å². The van der Waals surface area contributed by atoms with Crippen LogP contribution >= 0.6 is 23.4 Å². The van der Waals surface area contributed by atoms with Crippen molar-refractivity contribution < 1.29 is 13.2 Å². The standard InChI is InChI=1S/C15H16ClN3O3S2/c16-11-2-1-3-12(8-11)18-15(20)14-9-13(10-17-14)24(21,22)19-4-6-23-7-5-19/h1-3,8-10,17H,4-7H2,(H,18,20). The number of carbonyl (C=O) groups is 1. The third-order valence-electron chi connectivity index (χ3n) is 3.59. The summed E-state index contributed by atoms with van der Waals surface area (Å²) in [5.74, 6) is 1.14. The first-order valence-corrected chi connectivity index (χ1v) is 10.3. The van der Waals surface area contributed by atoms with Crippen LogP contribution in [0.3, 0.4) is 0 Å². The van der Waals surface area contributed by atoms with Crippen molar-refractivity contribution in [3.63, 3.8) is 0 Å². The van der Waals surface area contributed by atoms with Gasteiger partial charge in [0.2, 0.25) is 10.0 Å². The van der Waals surface area contributed by atoms with Gasteiger partial charge < -0.3 is 10.3 Å². The molecule has 0 bridgehead atoms. The van der Waals surface area contributed by atoms with Crippen LogP contribution in [-0.2, 0) is 10.0 Å². The summed E-state index contributed by atoms with van der Waals surface area (Å²) >= 11 is 7.61. The molecule has 0 unspecified atom stereocenters. The van der Waals surface area contributed by atoms with Gasteiger partial charge in [0.05, 0.1) is 0 Å². The van der Waals surface area contributed by atoms with Crippen molar-refractivity contribution in [1.29, 1.82) is 0 Å². The molecule has 2 N–H and O–H groups in total. The molecular weight excluding hydrogens is 370 g/mol. The van der Waals surface area contributed by atoms with E-state index in [2.05, 4.69) is 10.3 Å². The molecule has 0 spiro atoms. The number of anilines is 1. The molecule has 0 atom stereocenters. The van der Waals surface area contributed by atoms with Gasteiger partial charge in [-0.1, -0.05) is 17.7 Å². The molecule has 0 saturated carbocycles. The molecule has 1 aromatic heterocycles. The van der Waals surface area contributed by atoms with Crippen LogP contribution in [-0.4, -0.2) is 48.2 Å². The van der Waals surface area contributed by atoms with Gasteiger partial charge in [-0.3, -0.25) is 4.79 Å². The van der Waals surface area contributed by atoms with E-state index in [1.54, 1.807) is 36.0 Å². The van der Waals surface area contributed by atoms with Crippen molar-refractivity contribution in [2.24, 2.45) is 0 Å². The molecule has 1 aliphatic rings. The Balaban J connectivity index is 1.76. The number of rotatable bonds is 4. The zero-order valence-electron chi connectivity index (χ0n) is 12.7. The second-order valence-electron chi connectivity index (χ2n) is 5.23. The average molecular weight is 386 g/mol. The third kappa shape index (κ3) is 3.77. The number of thioether (sulfide) groups is 1. The number of benzene rings is 1. The van der Waals surface area contributed by atoms with Crippen LogP contribution in [0.15, 0.2) is 41.4 Å². The minimum absolute atomic E-state index is 0.102. The Morgan fingerprint density at radius 3 is 2.71 bits per heavy atom. The van der Waals surface area contributed by atoms with Gasteiger partial charge in [-0.15, -0.1) is 0 Å². The minimum Gasteiger partial charge on any atom is -0.356 e. The number of hydrogen-bond acceptors (Lipinski definition) is 4. The highest BCUT2D eigenvalue weighted by atomic mass is 35.5.